The van der Waals surface area contributed by atoms with Gasteiger partial charge in [-0.1, -0.05) is 46.5 Å². The van der Waals surface area contributed by atoms with Gasteiger partial charge in [-0.15, -0.1) is 0 Å². The summed E-state index contributed by atoms with van der Waals surface area (Å²) in [7, 11) is 0. The second-order valence-electron chi connectivity index (χ2n) is 9.45. The summed E-state index contributed by atoms with van der Waals surface area (Å²) < 4.78 is 12.2. The lowest BCUT2D eigenvalue weighted by Gasteiger charge is -2.34. The van der Waals surface area contributed by atoms with Crippen LogP contribution in [-0.2, 0) is 4.79 Å². The molecule has 0 spiro atoms. The van der Waals surface area contributed by atoms with Gasteiger partial charge < -0.3 is 20.1 Å². The van der Waals surface area contributed by atoms with Crippen LogP contribution in [0.3, 0.4) is 0 Å². The SMILES string of the molecule is CCCCOc1ccc([C@@H](N[C@@H]2CCCCC2C)C2=C(C)CNC2=O)c(OCCCC)c1. The number of carbonyl (C=O) groups excluding carboxylic acids is 1. The molecule has 1 saturated carbocycles. The molecule has 0 radical (unpaired) electrons. The highest BCUT2D eigenvalue weighted by molar-refractivity contribution is 5.98. The van der Waals surface area contributed by atoms with E-state index in [1.807, 2.05) is 12.1 Å². The predicted molar refractivity (Wildman–Crippen MR) is 130 cm³/mol. The Hall–Kier alpha value is -2.01. The molecular formula is C27H42N2O3. The third-order valence-corrected chi connectivity index (χ3v) is 6.82. The van der Waals surface area contributed by atoms with Crippen LogP contribution in [0.5, 0.6) is 11.5 Å². The first-order valence-corrected chi connectivity index (χ1v) is 12.7. The number of unbranched alkanes of at least 4 members (excludes halogenated alkanes) is 2. The van der Waals surface area contributed by atoms with Crippen molar-refractivity contribution in [2.45, 2.75) is 91.1 Å². The summed E-state index contributed by atoms with van der Waals surface area (Å²) in [5.41, 5.74) is 3.00. The summed E-state index contributed by atoms with van der Waals surface area (Å²) in [6.07, 6.45) is 9.13. The minimum Gasteiger partial charge on any atom is -0.493 e. The Kier molecular flexibility index (Phi) is 9.46. The van der Waals surface area contributed by atoms with Crippen molar-refractivity contribution in [1.82, 2.24) is 10.6 Å². The van der Waals surface area contributed by atoms with Gasteiger partial charge in [0.05, 0.1) is 19.3 Å². The number of hydrogen-bond acceptors (Lipinski definition) is 4. The largest absolute Gasteiger partial charge is 0.493 e. The van der Waals surface area contributed by atoms with Crippen molar-refractivity contribution in [3.05, 3.63) is 34.9 Å². The Labute approximate surface area is 194 Å². The van der Waals surface area contributed by atoms with Gasteiger partial charge in [0, 0.05) is 29.8 Å². The van der Waals surface area contributed by atoms with Crippen LogP contribution in [0.4, 0.5) is 0 Å². The van der Waals surface area contributed by atoms with Gasteiger partial charge in [-0.05, 0) is 56.2 Å². The van der Waals surface area contributed by atoms with Crippen molar-refractivity contribution in [3.8, 4) is 11.5 Å². The minimum atomic E-state index is -0.177. The molecule has 1 aromatic rings. The zero-order chi connectivity index (χ0) is 22.9. The third-order valence-electron chi connectivity index (χ3n) is 6.82. The molecular weight excluding hydrogens is 400 g/mol. The Bertz CT molecular complexity index is 789. The Morgan fingerprint density at radius 3 is 2.47 bits per heavy atom. The molecule has 1 aromatic carbocycles. The molecule has 1 aliphatic heterocycles. The van der Waals surface area contributed by atoms with E-state index >= 15 is 0 Å². The topological polar surface area (TPSA) is 59.6 Å². The lowest BCUT2D eigenvalue weighted by atomic mass is 9.84. The first-order chi connectivity index (χ1) is 15.5. The number of benzene rings is 1. The molecule has 5 heteroatoms. The molecule has 2 N–H and O–H groups in total. The number of carbonyl (C=O) groups is 1. The van der Waals surface area contributed by atoms with Crippen molar-refractivity contribution >= 4 is 5.91 Å². The zero-order valence-corrected chi connectivity index (χ0v) is 20.5. The third kappa shape index (κ3) is 6.28. The summed E-state index contributed by atoms with van der Waals surface area (Å²) in [6, 6.07) is 6.36. The first kappa shape index (κ1) is 24.6. The minimum absolute atomic E-state index is 0.0336. The van der Waals surface area contributed by atoms with E-state index in [9.17, 15) is 4.79 Å². The molecule has 32 heavy (non-hydrogen) atoms. The predicted octanol–water partition coefficient (Wildman–Crippen LogP) is 5.70. The molecule has 1 unspecified atom stereocenters. The summed E-state index contributed by atoms with van der Waals surface area (Å²) in [5.74, 6) is 2.29. The van der Waals surface area contributed by atoms with Crippen LogP contribution >= 0.6 is 0 Å². The molecule has 0 bridgehead atoms. The van der Waals surface area contributed by atoms with E-state index in [2.05, 4.69) is 44.4 Å². The van der Waals surface area contributed by atoms with Crippen LogP contribution in [0.25, 0.3) is 0 Å². The fourth-order valence-corrected chi connectivity index (χ4v) is 4.71. The fourth-order valence-electron chi connectivity index (χ4n) is 4.71. The molecule has 1 aliphatic carbocycles. The van der Waals surface area contributed by atoms with Gasteiger partial charge in [-0.3, -0.25) is 4.79 Å². The van der Waals surface area contributed by atoms with Crippen molar-refractivity contribution in [1.29, 1.82) is 0 Å². The normalized spacial score (nSPS) is 22.1. The van der Waals surface area contributed by atoms with Crippen LogP contribution in [0, 0.1) is 5.92 Å². The van der Waals surface area contributed by atoms with Crippen molar-refractivity contribution < 1.29 is 14.3 Å². The molecule has 1 amide bonds. The van der Waals surface area contributed by atoms with E-state index < -0.39 is 0 Å². The van der Waals surface area contributed by atoms with Gasteiger partial charge in [0.1, 0.15) is 11.5 Å². The Morgan fingerprint density at radius 1 is 1.09 bits per heavy atom. The number of hydrogen-bond donors (Lipinski definition) is 2. The van der Waals surface area contributed by atoms with Gasteiger partial charge in [-0.25, -0.2) is 0 Å². The standard InChI is InChI=1S/C27H42N2O3/c1-5-7-15-31-21-13-14-22(24(17-21)32-16-8-6-2)26(25-20(4)18-28-27(25)30)29-23-12-10-9-11-19(23)3/h13-14,17,19,23,26,29H,5-12,15-16,18H2,1-4H3,(H,28,30)/t19?,23-,26-/m1/s1. The lowest BCUT2D eigenvalue weighted by molar-refractivity contribution is -0.117. The van der Waals surface area contributed by atoms with Crippen LogP contribution in [0.15, 0.2) is 29.3 Å². The van der Waals surface area contributed by atoms with Crippen LogP contribution in [0.2, 0.25) is 0 Å². The lowest BCUT2D eigenvalue weighted by Crippen LogP contribution is -2.41. The number of amides is 1. The van der Waals surface area contributed by atoms with Gasteiger partial charge in [0.25, 0.3) is 0 Å². The van der Waals surface area contributed by atoms with Crippen molar-refractivity contribution in [2.75, 3.05) is 19.8 Å². The first-order valence-electron chi connectivity index (χ1n) is 12.7. The van der Waals surface area contributed by atoms with Crippen LogP contribution in [0.1, 0.15) is 90.7 Å². The number of ether oxygens (including phenoxy) is 2. The molecule has 5 nitrogen and oxygen atoms in total. The zero-order valence-electron chi connectivity index (χ0n) is 20.5. The maximum absolute atomic E-state index is 12.9. The van der Waals surface area contributed by atoms with E-state index in [0.29, 0.717) is 31.7 Å². The van der Waals surface area contributed by atoms with E-state index in [0.717, 1.165) is 60.3 Å². The van der Waals surface area contributed by atoms with Gasteiger partial charge in [0.15, 0.2) is 0 Å². The summed E-state index contributed by atoms with van der Waals surface area (Å²) in [4.78, 5) is 12.9. The molecule has 178 valence electrons. The molecule has 1 heterocycles. The Balaban J connectivity index is 1.95. The summed E-state index contributed by atoms with van der Waals surface area (Å²) in [5, 5.41) is 6.90. The number of nitrogens with one attached hydrogen (secondary N) is 2. The average Bonchev–Trinajstić information content (AvgIpc) is 3.12. The fraction of sp³-hybridized carbons (Fsp3) is 0.667. The molecule has 3 rings (SSSR count). The Morgan fingerprint density at radius 2 is 1.81 bits per heavy atom. The van der Waals surface area contributed by atoms with Crippen LogP contribution < -0.4 is 20.1 Å². The van der Waals surface area contributed by atoms with E-state index in [4.69, 9.17) is 9.47 Å². The highest BCUT2D eigenvalue weighted by Gasteiger charge is 2.34. The van der Waals surface area contributed by atoms with E-state index in [-0.39, 0.29) is 11.9 Å². The summed E-state index contributed by atoms with van der Waals surface area (Å²) in [6.45, 7) is 10.7. The van der Waals surface area contributed by atoms with Crippen molar-refractivity contribution in [3.63, 3.8) is 0 Å². The summed E-state index contributed by atoms with van der Waals surface area (Å²) >= 11 is 0. The van der Waals surface area contributed by atoms with Crippen LogP contribution in [-0.4, -0.2) is 31.7 Å². The molecule has 1 fully saturated rings. The van der Waals surface area contributed by atoms with Crippen molar-refractivity contribution in [2.24, 2.45) is 5.92 Å². The highest BCUT2D eigenvalue weighted by Crippen LogP contribution is 2.38. The van der Waals surface area contributed by atoms with E-state index in [1.54, 1.807) is 0 Å². The van der Waals surface area contributed by atoms with Gasteiger partial charge in [-0.2, -0.15) is 0 Å². The molecule has 2 aliphatic rings. The highest BCUT2D eigenvalue weighted by atomic mass is 16.5. The van der Waals surface area contributed by atoms with Gasteiger partial charge in [0.2, 0.25) is 5.91 Å². The quantitative estimate of drug-likeness (QED) is 0.408. The second-order valence-corrected chi connectivity index (χ2v) is 9.45. The average molecular weight is 443 g/mol. The maximum atomic E-state index is 12.9. The monoisotopic (exact) mass is 442 g/mol. The number of rotatable bonds is 12. The maximum Gasteiger partial charge on any atom is 0.249 e. The molecule has 0 aromatic heterocycles. The van der Waals surface area contributed by atoms with Gasteiger partial charge >= 0.3 is 0 Å². The molecule has 3 atom stereocenters. The van der Waals surface area contributed by atoms with E-state index in [1.165, 1.54) is 19.3 Å². The smallest absolute Gasteiger partial charge is 0.249 e. The molecule has 0 saturated heterocycles. The second kappa shape index (κ2) is 12.3.